The summed E-state index contributed by atoms with van der Waals surface area (Å²) in [6, 6.07) is 20.6. The van der Waals surface area contributed by atoms with Gasteiger partial charge in [0.25, 0.3) is 0 Å². The van der Waals surface area contributed by atoms with Crippen molar-refractivity contribution in [2.24, 2.45) is 0 Å². The van der Waals surface area contributed by atoms with Gasteiger partial charge in [-0.05, 0) is 66.1 Å². The van der Waals surface area contributed by atoms with Crippen molar-refractivity contribution in [3.8, 4) is 17.2 Å². The molecule has 1 unspecified atom stereocenters. The summed E-state index contributed by atoms with van der Waals surface area (Å²) in [7, 11) is 3.24. The van der Waals surface area contributed by atoms with Crippen molar-refractivity contribution in [1.82, 2.24) is 9.88 Å². The first-order chi connectivity index (χ1) is 16.1. The number of carbonyl (C=O) groups excluding carboxylic acids is 1. The lowest BCUT2D eigenvalue weighted by atomic mass is 9.92. The van der Waals surface area contributed by atoms with Crippen LogP contribution in [0.1, 0.15) is 22.9 Å². The van der Waals surface area contributed by atoms with Crippen LogP contribution in [0.3, 0.4) is 0 Å². The van der Waals surface area contributed by atoms with Crippen molar-refractivity contribution < 1.29 is 19.0 Å². The first-order valence-corrected chi connectivity index (χ1v) is 11.4. The van der Waals surface area contributed by atoms with Gasteiger partial charge < -0.3 is 19.2 Å². The van der Waals surface area contributed by atoms with Gasteiger partial charge in [0.2, 0.25) is 0 Å². The van der Waals surface area contributed by atoms with E-state index in [9.17, 15) is 4.79 Å². The minimum absolute atomic E-state index is 0.315. The Morgan fingerprint density at radius 1 is 0.939 bits per heavy atom. The maximum Gasteiger partial charge on any atom is 0.416 e. The number of aromatic amines is 1. The second-order valence-electron chi connectivity index (χ2n) is 7.84. The molecular formula is C26H23BrN2O4. The second kappa shape index (κ2) is 8.83. The number of hydrogen-bond donors (Lipinski definition) is 1. The monoisotopic (exact) mass is 506 g/mol. The predicted octanol–water partition coefficient (Wildman–Crippen LogP) is 6.09. The van der Waals surface area contributed by atoms with Crippen molar-refractivity contribution in [3.63, 3.8) is 0 Å². The predicted molar refractivity (Wildman–Crippen MR) is 130 cm³/mol. The van der Waals surface area contributed by atoms with Crippen molar-refractivity contribution in [2.75, 3.05) is 20.8 Å². The average molecular weight is 507 g/mol. The molecule has 4 aromatic rings. The summed E-state index contributed by atoms with van der Waals surface area (Å²) in [6.07, 6.45) is 0.326. The minimum Gasteiger partial charge on any atom is -0.497 e. The number of methoxy groups -OCH3 is 2. The number of rotatable bonds is 4. The molecule has 5 rings (SSSR count). The van der Waals surface area contributed by atoms with E-state index in [1.807, 2.05) is 36.4 Å². The molecule has 6 nitrogen and oxygen atoms in total. The maximum absolute atomic E-state index is 13.3. The van der Waals surface area contributed by atoms with E-state index in [0.29, 0.717) is 18.0 Å². The highest BCUT2D eigenvalue weighted by Crippen LogP contribution is 2.41. The summed E-state index contributed by atoms with van der Waals surface area (Å²) in [5.41, 5.74) is 4.23. The smallest absolute Gasteiger partial charge is 0.416 e. The summed E-state index contributed by atoms with van der Waals surface area (Å²) in [5, 5.41) is 1.16. The lowest BCUT2D eigenvalue weighted by Crippen LogP contribution is -2.42. The molecule has 1 aliphatic rings. The normalized spacial score (nSPS) is 15.2. The van der Waals surface area contributed by atoms with Gasteiger partial charge in [-0.1, -0.05) is 34.1 Å². The van der Waals surface area contributed by atoms with E-state index in [1.54, 1.807) is 43.4 Å². The van der Waals surface area contributed by atoms with E-state index in [-0.39, 0.29) is 6.04 Å². The van der Waals surface area contributed by atoms with Gasteiger partial charge in [-0.25, -0.2) is 4.79 Å². The van der Waals surface area contributed by atoms with Crippen LogP contribution < -0.4 is 14.2 Å². The Balaban J connectivity index is 1.55. The number of nitrogens with one attached hydrogen (secondary N) is 1. The van der Waals surface area contributed by atoms with Crippen LogP contribution in [0.4, 0.5) is 4.79 Å². The van der Waals surface area contributed by atoms with Crippen molar-refractivity contribution in [2.45, 2.75) is 12.5 Å². The van der Waals surface area contributed by atoms with E-state index in [4.69, 9.17) is 14.2 Å². The Bertz CT molecular complexity index is 1300. The number of nitrogens with zero attached hydrogens (tertiary/aromatic N) is 1. The molecule has 0 aliphatic carbocycles. The number of fused-ring (bicyclic) bond motifs is 3. The first kappa shape index (κ1) is 21.4. The van der Waals surface area contributed by atoms with E-state index in [1.165, 1.54) is 5.56 Å². The number of benzene rings is 3. The van der Waals surface area contributed by atoms with E-state index in [2.05, 4.69) is 27.0 Å². The summed E-state index contributed by atoms with van der Waals surface area (Å²) < 4.78 is 17.3. The Kier molecular flexibility index (Phi) is 5.72. The lowest BCUT2D eigenvalue weighted by molar-refractivity contribution is 0.135. The SMILES string of the molecule is COc1ccc(OC(=O)N2CCc3c([nH]c4cccc(Br)c34)C2c2ccc(OC)cc2)cc1. The highest BCUT2D eigenvalue weighted by molar-refractivity contribution is 9.10. The highest BCUT2D eigenvalue weighted by atomic mass is 79.9. The van der Waals surface area contributed by atoms with Crippen LogP contribution in [0.5, 0.6) is 17.2 Å². The first-order valence-electron chi connectivity index (χ1n) is 10.6. The Labute approximate surface area is 200 Å². The van der Waals surface area contributed by atoms with Crippen molar-refractivity contribution >= 4 is 32.9 Å². The van der Waals surface area contributed by atoms with E-state index in [0.717, 1.165) is 38.8 Å². The van der Waals surface area contributed by atoms with Crippen LogP contribution >= 0.6 is 15.9 Å². The number of ether oxygens (including phenoxy) is 3. The molecular weight excluding hydrogens is 484 g/mol. The van der Waals surface area contributed by atoms with Gasteiger partial charge in [0.1, 0.15) is 23.3 Å². The van der Waals surface area contributed by atoms with Gasteiger partial charge in [-0.2, -0.15) is 0 Å². The summed E-state index contributed by atoms with van der Waals surface area (Å²) in [5.74, 6) is 1.94. The third-order valence-electron chi connectivity index (χ3n) is 6.03. The number of carbonyl (C=O) groups is 1. The molecule has 33 heavy (non-hydrogen) atoms. The standard InChI is InChI=1S/C26H23BrN2O4/c1-31-17-8-6-16(7-9-17)25-24-20(23-21(27)4-3-5-22(23)28-24)14-15-29(25)26(30)33-19-12-10-18(32-2)11-13-19/h3-13,25,28H,14-15H2,1-2H3. The zero-order valence-corrected chi connectivity index (χ0v) is 19.9. The molecule has 7 heteroatoms. The minimum atomic E-state index is -0.399. The average Bonchev–Trinajstić information content (AvgIpc) is 3.24. The molecule has 1 aliphatic heterocycles. The molecule has 0 spiro atoms. The molecule has 3 aromatic carbocycles. The van der Waals surface area contributed by atoms with E-state index < -0.39 is 6.09 Å². The molecule has 1 N–H and O–H groups in total. The molecule has 0 fully saturated rings. The van der Waals surface area contributed by atoms with Gasteiger partial charge in [0.15, 0.2) is 0 Å². The van der Waals surface area contributed by atoms with Crippen LogP contribution in [0.15, 0.2) is 71.2 Å². The summed E-state index contributed by atoms with van der Waals surface area (Å²) in [6.45, 7) is 0.535. The third-order valence-corrected chi connectivity index (χ3v) is 6.69. The maximum atomic E-state index is 13.3. The number of halogens is 1. The van der Waals surface area contributed by atoms with E-state index >= 15 is 0 Å². The fraction of sp³-hybridized carbons (Fsp3) is 0.192. The zero-order valence-electron chi connectivity index (χ0n) is 18.3. The fourth-order valence-electron chi connectivity index (χ4n) is 4.43. The Morgan fingerprint density at radius 2 is 1.58 bits per heavy atom. The number of amides is 1. The summed E-state index contributed by atoms with van der Waals surface area (Å²) in [4.78, 5) is 18.7. The van der Waals surface area contributed by atoms with Crippen LogP contribution in [-0.4, -0.2) is 36.7 Å². The molecule has 0 bridgehead atoms. The molecule has 168 valence electrons. The number of hydrogen-bond acceptors (Lipinski definition) is 4. The Hall–Kier alpha value is -3.45. The van der Waals surface area contributed by atoms with Crippen LogP contribution in [-0.2, 0) is 6.42 Å². The van der Waals surface area contributed by atoms with Gasteiger partial charge in [0, 0.05) is 27.6 Å². The number of H-pyrrole nitrogens is 1. The van der Waals surface area contributed by atoms with Crippen LogP contribution in [0, 0.1) is 0 Å². The van der Waals surface area contributed by atoms with Gasteiger partial charge in [0.05, 0.1) is 14.2 Å². The zero-order chi connectivity index (χ0) is 22.9. The fourth-order valence-corrected chi connectivity index (χ4v) is 5.04. The largest absolute Gasteiger partial charge is 0.497 e. The third kappa shape index (κ3) is 3.93. The topological polar surface area (TPSA) is 63.8 Å². The molecule has 0 radical (unpaired) electrons. The Morgan fingerprint density at radius 3 is 2.24 bits per heavy atom. The second-order valence-corrected chi connectivity index (χ2v) is 8.70. The molecule has 1 aromatic heterocycles. The van der Waals surface area contributed by atoms with Gasteiger partial charge >= 0.3 is 6.09 Å². The highest BCUT2D eigenvalue weighted by Gasteiger charge is 2.36. The molecule has 1 atom stereocenters. The molecule has 0 saturated carbocycles. The summed E-state index contributed by atoms with van der Waals surface area (Å²) >= 11 is 3.70. The van der Waals surface area contributed by atoms with Crippen molar-refractivity contribution in [3.05, 3.63) is 88.0 Å². The molecule has 2 heterocycles. The van der Waals surface area contributed by atoms with Gasteiger partial charge in [-0.3, -0.25) is 4.90 Å². The quantitative estimate of drug-likeness (QED) is 0.363. The number of aromatic nitrogens is 1. The van der Waals surface area contributed by atoms with Crippen LogP contribution in [0.2, 0.25) is 0 Å². The molecule has 0 saturated heterocycles. The lowest BCUT2D eigenvalue weighted by Gasteiger charge is -2.35. The van der Waals surface area contributed by atoms with Gasteiger partial charge in [-0.15, -0.1) is 0 Å². The van der Waals surface area contributed by atoms with Crippen molar-refractivity contribution in [1.29, 1.82) is 0 Å². The molecule has 1 amide bonds. The van der Waals surface area contributed by atoms with Crippen LogP contribution in [0.25, 0.3) is 10.9 Å².